The molecule has 0 spiro atoms. The van der Waals surface area contributed by atoms with Gasteiger partial charge in [-0.3, -0.25) is 14.7 Å². The van der Waals surface area contributed by atoms with Crippen LogP contribution in [-0.4, -0.2) is 22.5 Å². The lowest BCUT2D eigenvalue weighted by molar-refractivity contribution is -0.120. The van der Waals surface area contributed by atoms with E-state index >= 15 is 0 Å². The summed E-state index contributed by atoms with van der Waals surface area (Å²) in [5.74, 6) is -1.31. The lowest BCUT2D eigenvalue weighted by atomic mass is 10.3. The average Bonchev–Trinajstić information content (AvgIpc) is 2.63. The first kappa shape index (κ1) is 15.1. The summed E-state index contributed by atoms with van der Waals surface area (Å²) in [5, 5.41) is 5.07. The molecule has 7 nitrogen and oxygen atoms in total. The Morgan fingerprint density at radius 3 is 2.76 bits per heavy atom. The van der Waals surface area contributed by atoms with Gasteiger partial charge < -0.3 is 9.73 Å². The van der Waals surface area contributed by atoms with Crippen LogP contribution in [0.5, 0.6) is 0 Å². The molecule has 0 unspecified atom stereocenters. The zero-order chi connectivity index (χ0) is 15.6. The Hall–Kier alpha value is -2.28. The highest BCUT2D eigenvalue weighted by atomic mass is 35.5. The Labute approximate surface area is 124 Å². The number of carbonyl (C=O) groups is 2. The normalized spacial score (nSPS) is 10.9. The summed E-state index contributed by atoms with van der Waals surface area (Å²) in [6.45, 7) is 3.21. The van der Waals surface area contributed by atoms with Crippen LogP contribution >= 0.6 is 11.6 Å². The predicted molar refractivity (Wildman–Crippen MR) is 77.3 cm³/mol. The third kappa shape index (κ3) is 3.63. The van der Waals surface area contributed by atoms with E-state index in [1.165, 1.54) is 6.07 Å². The fourth-order valence-corrected chi connectivity index (χ4v) is 1.96. The quantitative estimate of drug-likeness (QED) is 0.898. The van der Waals surface area contributed by atoms with Crippen molar-refractivity contribution in [3.8, 4) is 0 Å². The number of urea groups is 1. The van der Waals surface area contributed by atoms with Crippen molar-refractivity contribution in [3.63, 3.8) is 0 Å². The third-order valence-electron chi connectivity index (χ3n) is 2.60. The number of fused-ring (bicyclic) bond motifs is 1. The summed E-state index contributed by atoms with van der Waals surface area (Å²) in [7, 11) is 0. The fourth-order valence-electron chi connectivity index (χ4n) is 1.80. The van der Waals surface area contributed by atoms with Crippen molar-refractivity contribution in [1.82, 2.24) is 15.2 Å². The first-order chi connectivity index (χ1) is 9.86. The second-order valence-corrected chi connectivity index (χ2v) is 5.18. The van der Waals surface area contributed by atoms with Gasteiger partial charge in [0.2, 0.25) is 5.91 Å². The van der Waals surface area contributed by atoms with Crippen LogP contribution in [-0.2, 0) is 11.3 Å². The Bertz CT molecular complexity index is 747. The minimum atomic E-state index is -0.688. The molecule has 0 aliphatic rings. The first-order valence-electron chi connectivity index (χ1n) is 6.26. The summed E-state index contributed by atoms with van der Waals surface area (Å²) < 4.78 is 6.12. The zero-order valence-corrected chi connectivity index (χ0v) is 12.2. The number of imide groups is 1. The van der Waals surface area contributed by atoms with Crippen molar-refractivity contribution in [2.24, 2.45) is 0 Å². The molecule has 0 fully saturated rings. The highest BCUT2D eigenvalue weighted by molar-refractivity contribution is 6.31. The number of carbonyl (C=O) groups excluding carboxylic acids is 2. The monoisotopic (exact) mass is 311 g/mol. The highest BCUT2D eigenvalue weighted by Gasteiger charge is 2.15. The van der Waals surface area contributed by atoms with Crippen LogP contribution in [0.15, 0.2) is 27.4 Å². The number of amides is 3. The summed E-state index contributed by atoms with van der Waals surface area (Å²) in [4.78, 5) is 34.9. The maximum absolute atomic E-state index is 11.8. The van der Waals surface area contributed by atoms with Gasteiger partial charge in [-0.1, -0.05) is 11.6 Å². The number of aromatic nitrogens is 1. The molecule has 0 saturated heterocycles. The Balaban J connectivity index is 2.16. The Morgan fingerprint density at radius 1 is 1.38 bits per heavy atom. The summed E-state index contributed by atoms with van der Waals surface area (Å²) in [6, 6.07) is 3.93. The second-order valence-electron chi connectivity index (χ2n) is 4.74. The summed E-state index contributed by atoms with van der Waals surface area (Å²) in [5.41, 5.74) is 0.718. The smallest absolute Gasteiger partial charge is 0.408 e. The van der Waals surface area contributed by atoms with E-state index in [0.29, 0.717) is 10.5 Å². The number of rotatable bonds is 3. The van der Waals surface area contributed by atoms with E-state index < -0.39 is 17.7 Å². The van der Waals surface area contributed by atoms with E-state index in [1.54, 1.807) is 26.0 Å². The molecular formula is C13H14ClN3O4. The molecule has 112 valence electrons. The largest absolute Gasteiger partial charge is 0.420 e. The molecule has 0 atom stereocenters. The van der Waals surface area contributed by atoms with Crippen molar-refractivity contribution in [2.45, 2.75) is 26.4 Å². The molecule has 8 heteroatoms. The Morgan fingerprint density at radius 2 is 2.10 bits per heavy atom. The minimum Gasteiger partial charge on any atom is -0.408 e. The Kier molecular flexibility index (Phi) is 4.32. The molecule has 2 rings (SSSR count). The van der Waals surface area contributed by atoms with Gasteiger partial charge in [0.1, 0.15) is 6.54 Å². The number of halogens is 1. The van der Waals surface area contributed by atoms with Gasteiger partial charge in [0.15, 0.2) is 5.58 Å². The van der Waals surface area contributed by atoms with Gasteiger partial charge in [0.25, 0.3) is 0 Å². The number of benzene rings is 1. The molecule has 1 heterocycles. The molecule has 2 aromatic rings. The van der Waals surface area contributed by atoms with Crippen LogP contribution in [0.3, 0.4) is 0 Å². The topological polar surface area (TPSA) is 93.3 Å². The molecule has 0 aliphatic carbocycles. The average molecular weight is 312 g/mol. The van der Waals surface area contributed by atoms with Crippen LogP contribution in [0.4, 0.5) is 4.79 Å². The SMILES string of the molecule is CC(C)NC(=O)NC(=O)Cn1c(=O)oc2cc(Cl)ccc21. The third-order valence-corrected chi connectivity index (χ3v) is 2.84. The van der Waals surface area contributed by atoms with Crippen LogP contribution in [0.2, 0.25) is 5.02 Å². The maximum Gasteiger partial charge on any atom is 0.420 e. The van der Waals surface area contributed by atoms with Crippen molar-refractivity contribution in [1.29, 1.82) is 0 Å². The summed E-state index contributed by atoms with van der Waals surface area (Å²) >= 11 is 5.80. The fraction of sp³-hybridized carbons (Fsp3) is 0.308. The molecule has 0 bridgehead atoms. The molecule has 0 saturated carbocycles. The summed E-state index contributed by atoms with van der Waals surface area (Å²) in [6.07, 6.45) is 0. The first-order valence-corrected chi connectivity index (χ1v) is 6.64. The van der Waals surface area contributed by atoms with Crippen LogP contribution in [0, 0.1) is 0 Å². The van der Waals surface area contributed by atoms with Crippen molar-refractivity contribution < 1.29 is 14.0 Å². The van der Waals surface area contributed by atoms with E-state index in [1.807, 2.05) is 0 Å². The van der Waals surface area contributed by atoms with E-state index in [4.69, 9.17) is 16.0 Å². The lowest BCUT2D eigenvalue weighted by Gasteiger charge is -2.09. The van der Waals surface area contributed by atoms with Gasteiger partial charge >= 0.3 is 11.8 Å². The van der Waals surface area contributed by atoms with Gasteiger partial charge in [-0.05, 0) is 26.0 Å². The van der Waals surface area contributed by atoms with Crippen molar-refractivity contribution >= 4 is 34.6 Å². The number of nitrogens with one attached hydrogen (secondary N) is 2. The van der Waals surface area contributed by atoms with Gasteiger partial charge in [-0.2, -0.15) is 0 Å². The van der Waals surface area contributed by atoms with E-state index in [0.717, 1.165) is 4.57 Å². The van der Waals surface area contributed by atoms with E-state index in [-0.39, 0.29) is 18.2 Å². The van der Waals surface area contributed by atoms with Crippen molar-refractivity contribution in [3.05, 3.63) is 33.8 Å². The predicted octanol–water partition coefficient (Wildman–Crippen LogP) is 1.48. The molecule has 1 aromatic carbocycles. The molecule has 0 radical (unpaired) electrons. The molecular weight excluding hydrogens is 298 g/mol. The number of hydrogen-bond donors (Lipinski definition) is 2. The van der Waals surface area contributed by atoms with Gasteiger partial charge in [-0.15, -0.1) is 0 Å². The van der Waals surface area contributed by atoms with Crippen molar-refractivity contribution in [2.75, 3.05) is 0 Å². The molecule has 3 amide bonds. The number of hydrogen-bond acceptors (Lipinski definition) is 4. The second kappa shape index (κ2) is 6.01. The molecule has 2 N–H and O–H groups in total. The maximum atomic E-state index is 11.8. The van der Waals surface area contributed by atoms with Gasteiger partial charge in [0.05, 0.1) is 5.52 Å². The van der Waals surface area contributed by atoms with Gasteiger partial charge in [0, 0.05) is 17.1 Å². The highest BCUT2D eigenvalue weighted by Crippen LogP contribution is 2.18. The van der Waals surface area contributed by atoms with Crippen LogP contribution < -0.4 is 16.4 Å². The minimum absolute atomic E-state index is 0.0996. The zero-order valence-electron chi connectivity index (χ0n) is 11.5. The van der Waals surface area contributed by atoms with Crippen LogP contribution in [0.1, 0.15) is 13.8 Å². The van der Waals surface area contributed by atoms with E-state index in [2.05, 4.69) is 10.6 Å². The van der Waals surface area contributed by atoms with Crippen LogP contribution in [0.25, 0.3) is 11.1 Å². The molecule has 21 heavy (non-hydrogen) atoms. The number of nitrogens with zero attached hydrogens (tertiary/aromatic N) is 1. The lowest BCUT2D eigenvalue weighted by Crippen LogP contribution is -2.44. The molecule has 0 aliphatic heterocycles. The number of oxazole rings is 1. The van der Waals surface area contributed by atoms with Gasteiger partial charge in [-0.25, -0.2) is 9.59 Å². The van der Waals surface area contributed by atoms with E-state index in [9.17, 15) is 14.4 Å². The standard InChI is InChI=1S/C13H14ClN3O4/c1-7(2)15-12(19)16-11(18)6-17-9-4-3-8(14)5-10(9)21-13(17)20/h3-5,7H,6H2,1-2H3,(H2,15,16,18,19). The molecule has 1 aromatic heterocycles.